The van der Waals surface area contributed by atoms with E-state index in [2.05, 4.69) is 25.3 Å². The molecule has 2 aromatic heterocycles. The van der Waals surface area contributed by atoms with Gasteiger partial charge in [0.15, 0.2) is 10.2 Å². The van der Waals surface area contributed by atoms with Crippen LogP contribution in [0, 0.1) is 17.0 Å². The normalized spacial score (nSPS) is 10.3. The lowest BCUT2D eigenvalue weighted by Gasteiger charge is -2.07. The zero-order chi connectivity index (χ0) is 14.5. The van der Waals surface area contributed by atoms with E-state index in [1.165, 1.54) is 0 Å². The Hall–Kier alpha value is -2.29. The number of aryl methyl sites for hydroxylation is 1. The summed E-state index contributed by atoms with van der Waals surface area (Å²) in [5, 5.41) is 14.7. The summed E-state index contributed by atoms with van der Waals surface area (Å²) in [6.45, 7) is 4.10. The van der Waals surface area contributed by atoms with Crippen molar-refractivity contribution in [2.24, 2.45) is 0 Å². The van der Waals surface area contributed by atoms with Crippen molar-refractivity contribution >= 4 is 23.4 Å². The minimum absolute atomic E-state index is 0.121. The summed E-state index contributed by atoms with van der Waals surface area (Å²) in [4.78, 5) is 26.9. The SMILES string of the molecule is CCNc1nc(C)c([N+](=O)[O-])c(Sc2ncccn2)n1. The van der Waals surface area contributed by atoms with E-state index in [-0.39, 0.29) is 10.7 Å². The number of rotatable bonds is 5. The smallest absolute Gasteiger partial charge is 0.322 e. The number of anilines is 1. The number of hydrogen-bond donors (Lipinski definition) is 1. The van der Waals surface area contributed by atoms with Crippen molar-refractivity contribution in [2.75, 3.05) is 11.9 Å². The maximum Gasteiger partial charge on any atom is 0.322 e. The van der Waals surface area contributed by atoms with E-state index in [0.29, 0.717) is 23.3 Å². The molecule has 0 atom stereocenters. The van der Waals surface area contributed by atoms with Crippen LogP contribution in [0.3, 0.4) is 0 Å². The van der Waals surface area contributed by atoms with Gasteiger partial charge in [0.25, 0.3) is 0 Å². The van der Waals surface area contributed by atoms with Crippen LogP contribution in [0.5, 0.6) is 0 Å². The lowest BCUT2D eigenvalue weighted by molar-refractivity contribution is -0.389. The van der Waals surface area contributed by atoms with Crippen LogP contribution in [0.15, 0.2) is 28.6 Å². The Labute approximate surface area is 119 Å². The van der Waals surface area contributed by atoms with Crippen molar-refractivity contribution in [1.29, 1.82) is 0 Å². The van der Waals surface area contributed by atoms with Gasteiger partial charge < -0.3 is 5.32 Å². The highest BCUT2D eigenvalue weighted by Crippen LogP contribution is 2.33. The van der Waals surface area contributed by atoms with Crippen molar-refractivity contribution in [3.63, 3.8) is 0 Å². The standard InChI is InChI=1S/C11H12N6O2S/c1-3-12-10-15-7(2)8(17(18)19)9(16-10)20-11-13-5-4-6-14-11/h4-6H,3H2,1-2H3,(H,12,15,16). The molecular formula is C11H12N6O2S. The Morgan fingerprint density at radius 2 is 2.05 bits per heavy atom. The van der Waals surface area contributed by atoms with Gasteiger partial charge in [-0.2, -0.15) is 4.98 Å². The molecular weight excluding hydrogens is 280 g/mol. The molecule has 0 aliphatic heterocycles. The van der Waals surface area contributed by atoms with E-state index in [1.807, 2.05) is 6.92 Å². The van der Waals surface area contributed by atoms with E-state index < -0.39 is 4.92 Å². The van der Waals surface area contributed by atoms with Crippen LogP contribution in [0.4, 0.5) is 11.6 Å². The van der Waals surface area contributed by atoms with Gasteiger partial charge in [0, 0.05) is 18.9 Å². The molecule has 0 radical (unpaired) electrons. The fourth-order valence-electron chi connectivity index (χ4n) is 1.48. The number of hydrogen-bond acceptors (Lipinski definition) is 8. The second-order valence-corrected chi connectivity index (χ2v) is 4.66. The summed E-state index contributed by atoms with van der Waals surface area (Å²) in [7, 11) is 0. The maximum atomic E-state index is 11.2. The number of aromatic nitrogens is 4. The van der Waals surface area contributed by atoms with E-state index >= 15 is 0 Å². The highest BCUT2D eigenvalue weighted by Gasteiger charge is 2.23. The van der Waals surface area contributed by atoms with Crippen molar-refractivity contribution in [3.05, 3.63) is 34.3 Å². The molecule has 0 aliphatic rings. The van der Waals surface area contributed by atoms with Gasteiger partial charge in [-0.25, -0.2) is 15.0 Å². The molecule has 0 bridgehead atoms. The molecule has 0 saturated heterocycles. The van der Waals surface area contributed by atoms with E-state index in [4.69, 9.17) is 0 Å². The highest BCUT2D eigenvalue weighted by atomic mass is 32.2. The van der Waals surface area contributed by atoms with Crippen LogP contribution >= 0.6 is 11.8 Å². The van der Waals surface area contributed by atoms with Gasteiger partial charge >= 0.3 is 5.69 Å². The Morgan fingerprint density at radius 1 is 1.35 bits per heavy atom. The van der Waals surface area contributed by atoms with Crippen molar-refractivity contribution in [3.8, 4) is 0 Å². The van der Waals surface area contributed by atoms with Crippen molar-refractivity contribution in [2.45, 2.75) is 24.0 Å². The third-order valence-corrected chi connectivity index (χ3v) is 3.15. The fraction of sp³-hybridized carbons (Fsp3) is 0.273. The molecule has 2 aromatic rings. The molecule has 0 unspecified atom stereocenters. The summed E-state index contributed by atoms with van der Waals surface area (Å²) in [5.74, 6) is 0.356. The van der Waals surface area contributed by atoms with E-state index in [9.17, 15) is 10.1 Å². The molecule has 0 aromatic carbocycles. The van der Waals surface area contributed by atoms with Crippen LogP contribution in [0.2, 0.25) is 0 Å². The first-order valence-electron chi connectivity index (χ1n) is 5.83. The number of nitro groups is 1. The van der Waals surface area contributed by atoms with Gasteiger partial charge in [-0.15, -0.1) is 0 Å². The highest BCUT2D eigenvalue weighted by molar-refractivity contribution is 7.99. The monoisotopic (exact) mass is 292 g/mol. The summed E-state index contributed by atoms with van der Waals surface area (Å²) in [5.41, 5.74) is 0.184. The predicted molar refractivity (Wildman–Crippen MR) is 73.7 cm³/mol. The first-order chi connectivity index (χ1) is 9.61. The second kappa shape index (κ2) is 6.24. The zero-order valence-corrected chi connectivity index (χ0v) is 11.7. The quantitative estimate of drug-likeness (QED) is 0.386. The van der Waals surface area contributed by atoms with Crippen LogP contribution in [0.25, 0.3) is 0 Å². The third kappa shape index (κ3) is 3.18. The summed E-state index contributed by atoms with van der Waals surface area (Å²) in [6.07, 6.45) is 3.14. The summed E-state index contributed by atoms with van der Waals surface area (Å²) < 4.78 is 0. The van der Waals surface area contributed by atoms with E-state index in [0.717, 1.165) is 11.8 Å². The molecule has 0 aliphatic carbocycles. The summed E-state index contributed by atoms with van der Waals surface area (Å²) >= 11 is 1.04. The molecule has 9 heteroatoms. The molecule has 0 spiro atoms. The largest absolute Gasteiger partial charge is 0.354 e. The molecule has 2 rings (SSSR count). The molecule has 0 fully saturated rings. The topological polar surface area (TPSA) is 107 Å². The molecule has 1 N–H and O–H groups in total. The van der Waals surface area contributed by atoms with Crippen LogP contribution < -0.4 is 5.32 Å². The minimum Gasteiger partial charge on any atom is -0.354 e. The Morgan fingerprint density at radius 3 is 2.65 bits per heavy atom. The average Bonchev–Trinajstić information content (AvgIpc) is 2.39. The van der Waals surface area contributed by atoms with Gasteiger partial charge in [0.2, 0.25) is 5.95 Å². The lowest BCUT2D eigenvalue weighted by atomic mass is 10.4. The predicted octanol–water partition coefficient (Wildman–Crippen LogP) is 2.07. The third-order valence-electron chi connectivity index (χ3n) is 2.27. The second-order valence-electron chi connectivity index (χ2n) is 3.71. The van der Waals surface area contributed by atoms with E-state index in [1.54, 1.807) is 25.4 Å². The van der Waals surface area contributed by atoms with Gasteiger partial charge in [-0.1, -0.05) is 0 Å². The van der Waals surface area contributed by atoms with Crippen LogP contribution in [0.1, 0.15) is 12.6 Å². The first kappa shape index (κ1) is 14.1. The van der Waals surface area contributed by atoms with Gasteiger partial charge in [0.1, 0.15) is 5.69 Å². The van der Waals surface area contributed by atoms with Crippen LogP contribution in [-0.2, 0) is 0 Å². The molecule has 104 valence electrons. The lowest BCUT2D eigenvalue weighted by Crippen LogP contribution is -2.07. The van der Waals surface area contributed by atoms with Crippen molar-refractivity contribution in [1.82, 2.24) is 19.9 Å². The van der Waals surface area contributed by atoms with Gasteiger partial charge in [0.05, 0.1) is 4.92 Å². The Kier molecular flexibility index (Phi) is 4.41. The van der Waals surface area contributed by atoms with Crippen molar-refractivity contribution < 1.29 is 4.92 Å². The zero-order valence-electron chi connectivity index (χ0n) is 10.9. The average molecular weight is 292 g/mol. The first-order valence-corrected chi connectivity index (χ1v) is 6.65. The molecule has 2 heterocycles. The van der Waals surface area contributed by atoms with Crippen LogP contribution in [-0.4, -0.2) is 31.4 Å². The molecule has 0 saturated carbocycles. The fourth-order valence-corrected chi connectivity index (χ4v) is 2.33. The Bertz CT molecular complexity index is 622. The molecule has 8 nitrogen and oxygen atoms in total. The molecule has 20 heavy (non-hydrogen) atoms. The molecule has 0 amide bonds. The number of nitrogens with zero attached hydrogens (tertiary/aromatic N) is 5. The van der Waals surface area contributed by atoms with Gasteiger partial charge in [-0.3, -0.25) is 10.1 Å². The number of nitrogens with one attached hydrogen (secondary N) is 1. The maximum absolute atomic E-state index is 11.2. The Balaban J connectivity index is 2.45. The van der Waals surface area contributed by atoms with Gasteiger partial charge in [-0.05, 0) is 31.7 Å². The summed E-state index contributed by atoms with van der Waals surface area (Å²) in [6, 6.07) is 1.67. The minimum atomic E-state index is -0.490.